The minimum absolute atomic E-state index is 0.0164. The highest BCUT2D eigenvalue weighted by Crippen LogP contribution is 2.46. The summed E-state index contributed by atoms with van der Waals surface area (Å²) in [6.45, 7) is 4.34. The first-order valence-electron chi connectivity index (χ1n) is 7.14. The third-order valence-electron chi connectivity index (χ3n) is 4.60. The monoisotopic (exact) mass is 306 g/mol. The van der Waals surface area contributed by atoms with E-state index in [9.17, 15) is 9.59 Å². The zero-order valence-corrected chi connectivity index (χ0v) is 13.2. The Balaban J connectivity index is 1.90. The van der Waals surface area contributed by atoms with Crippen LogP contribution < -0.4 is 5.32 Å². The maximum Gasteiger partial charge on any atom is 0.246 e. The SMILES string of the molecule is CN1C(=O)CC(NC2c3cc(Cl)ccc3CC2(C)C)C1=O. The Morgan fingerprint density at radius 1 is 1.33 bits per heavy atom. The lowest BCUT2D eigenvalue weighted by Gasteiger charge is -2.30. The largest absolute Gasteiger partial charge is 0.298 e. The van der Waals surface area contributed by atoms with E-state index in [1.807, 2.05) is 12.1 Å². The van der Waals surface area contributed by atoms with Crippen LogP contribution in [0.4, 0.5) is 0 Å². The van der Waals surface area contributed by atoms with Crippen LogP contribution in [0.3, 0.4) is 0 Å². The van der Waals surface area contributed by atoms with Gasteiger partial charge in [-0.3, -0.25) is 19.8 Å². The van der Waals surface area contributed by atoms with Crippen molar-refractivity contribution in [1.29, 1.82) is 0 Å². The van der Waals surface area contributed by atoms with Crippen LogP contribution in [0.5, 0.6) is 0 Å². The Hall–Kier alpha value is -1.39. The Kier molecular flexibility index (Phi) is 3.34. The molecule has 0 spiro atoms. The highest BCUT2D eigenvalue weighted by Gasteiger charge is 2.44. The minimum atomic E-state index is -0.434. The second kappa shape index (κ2) is 4.82. The molecular formula is C16H19ClN2O2. The highest BCUT2D eigenvalue weighted by molar-refractivity contribution is 6.30. The number of carbonyl (C=O) groups is 2. The molecule has 1 aromatic rings. The van der Waals surface area contributed by atoms with E-state index in [0.29, 0.717) is 5.02 Å². The average molecular weight is 307 g/mol. The molecule has 1 aliphatic carbocycles. The van der Waals surface area contributed by atoms with Crippen LogP contribution in [0.1, 0.15) is 37.4 Å². The average Bonchev–Trinajstić information content (AvgIpc) is 2.79. The summed E-state index contributed by atoms with van der Waals surface area (Å²) in [4.78, 5) is 25.0. The lowest BCUT2D eigenvalue weighted by Crippen LogP contribution is -2.42. The van der Waals surface area contributed by atoms with Gasteiger partial charge in [0.05, 0.1) is 12.5 Å². The van der Waals surface area contributed by atoms with Crippen LogP contribution in [0.2, 0.25) is 5.02 Å². The Morgan fingerprint density at radius 2 is 2.05 bits per heavy atom. The van der Waals surface area contributed by atoms with Crippen LogP contribution in [-0.4, -0.2) is 29.8 Å². The Morgan fingerprint density at radius 3 is 2.67 bits per heavy atom. The fraction of sp³-hybridized carbons (Fsp3) is 0.500. The van der Waals surface area contributed by atoms with Crippen LogP contribution in [-0.2, 0) is 16.0 Å². The summed E-state index contributed by atoms with van der Waals surface area (Å²) in [6.07, 6.45) is 1.17. The van der Waals surface area contributed by atoms with Crippen molar-refractivity contribution in [2.45, 2.75) is 38.8 Å². The standard InChI is InChI=1S/C16H19ClN2O2/c1-16(2)8-9-4-5-10(17)6-11(9)14(16)18-12-7-13(20)19(3)15(12)21/h4-6,12,14,18H,7-8H2,1-3H3. The number of carbonyl (C=O) groups excluding carboxylic acids is 2. The van der Waals surface area contributed by atoms with Crippen LogP contribution in [0.15, 0.2) is 18.2 Å². The van der Waals surface area contributed by atoms with E-state index in [-0.39, 0.29) is 29.7 Å². The first-order valence-corrected chi connectivity index (χ1v) is 7.52. The molecule has 2 amide bonds. The predicted octanol–water partition coefficient (Wildman–Crippen LogP) is 2.31. The van der Waals surface area contributed by atoms with E-state index < -0.39 is 6.04 Å². The van der Waals surface area contributed by atoms with Crippen molar-refractivity contribution in [3.05, 3.63) is 34.3 Å². The van der Waals surface area contributed by atoms with Gasteiger partial charge in [-0.05, 0) is 35.1 Å². The summed E-state index contributed by atoms with van der Waals surface area (Å²) in [6, 6.07) is 5.51. The molecule has 0 bridgehead atoms. The molecule has 0 radical (unpaired) electrons. The van der Waals surface area contributed by atoms with Crippen molar-refractivity contribution in [2.24, 2.45) is 5.41 Å². The lowest BCUT2D eigenvalue weighted by molar-refractivity contribution is -0.137. The summed E-state index contributed by atoms with van der Waals surface area (Å²) in [7, 11) is 1.54. The van der Waals surface area contributed by atoms with E-state index in [0.717, 1.165) is 12.0 Å². The Bertz CT molecular complexity index is 627. The van der Waals surface area contributed by atoms with Gasteiger partial charge in [0.2, 0.25) is 11.8 Å². The number of rotatable bonds is 2. The van der Waals surface area contributed by atoms with E-state index >= 15 is 0 Å². The van der Waals surface area contributed by atoms with Gasteiger partial charge in [0.15, 0.2) is 0 Å². The molecule has 0 aromatic heterocycles. The van der Waals surface area contributed by atoms with E-state index in [1.54, 1.807) is 0 Å². The van der Waals surface area contributed by atoms with Gasteiger partial charge in [-0.1, -0.05) is 31.5 Å². The number of likely N-dealkylation sites (N-methyl/N-ethyl adjacent to an activating group) is 1. The normalized spacial score (nSPS) is 27.3. The second-order valence-electron chi connectivity index (χ2n) is 6.66. The second-order valence-corrected chi connectivity index (χ2v) is 7.09. The number of halogens is 1. The number of imide groups is 1. The van der Waals surface area contributed by atoms with Crippen molar-refractivity contribution >= 4 is 23.4 Å². The van der Waals surface area contributed by atoms with Crippen molar-refractivity contribution < 1.29 is 9.59 Å². The number of likely N-dealkylation sites (tertiary alicyclic amines) is 1. The molecule has 1 N–H and O–H groups in total. The molecule has 0 saturated carbocycles. The number of hydrogen-bond donors (Lipinski definition) is 1. The van der Waals surface area contributed by atoms with E-state index in [2.05, 4.69) is 25.2 Å². The third kappa shape index (κ3) is 2.36. The fourth-order valence-electron chi connectivity index (χ4n) is 3.41. The number of hydrogen-bond acceptors (Lipinski definition) is 3. The lowest BCUT2D eigenvalue weighted by atomic mass is 9.85. The summed E-state index contributed by atoms with van der Waals surface area (Å²) in [5.74, 6) is -0.272. The predicted molar refractivity (Wildman–Crippen MR) is 81.0 cm³/mol. The van der Waals surface area contributed by atoms with Gasteiger partial charge in [0.25, 0.3) is 0 Å². The molecule has 3 rings (SSSR count). The number of benzene rings is 1. The molecule has 1 aliphatic heterocycles. The quantitative estimate of drug-likeness (QED) is 0.853. The maximum absolute atomic E-state index is 12.1. The number of fused-ring (bicyclic) bond motifs is 1. The maximum atomic E-state index is 12.1. The first kappa shape index (κ1) is 14.5. The molecule has 1 heterocycles. The first-order chi connectivity index (χ1) is 9.79. The molecule has 1 saturated heterocycles. The molecule has 4 nitrogen and oxygen atoms in total. The fourth-order valence-corrected chi connectivity index (χ4v) is 3.59. The number of nitrogens with zero attached hydrogens (tertiary/aromatic N) is 1. The summed E-state index contributed by atoms with van der Waals surface area (Å²) >= 11 is 6.12. The molecule has 112 valence electrons. The number of amides is 2. The molecule has 1 aromatic carbocycles. The summed E-state index contributed by atoms with van der Waals surface area (Å²) in [5.41, 5.74) is 2.38. The summed E-state index contributed by atoms with van der Waals surface area (Å²) in [5, 5.41) is 4.09. The molecule has 21 heavy (non-hydrogen) atoms. The van der Waals surface area contributed by atoms with Gasteiger partial charge in [-0.2, -0.15) is 0 Å². The number of nitrogens with one attached hydrogen (secondary N) is 1. The van der Waals surface area contributed by atoms with Crippen LogP contribution >= 0.6 is 11.6 Å². The zero-order valence-electron chi connectivity index (χ0n) is 12.4. The van der Waals surface area contributed by atoms with Crippen molar-refractivity contribution in [3.63, 3.8) is 0 Å². The van der Waals surface area contributed by atoms with Gasteiger partial charge >= 0.3 is 0 Å². The molecule has 2 aliphatic rings. The van der Waals surface area contributed by atoms with Gasteiger partial charge in [-0.15, -0.1) is 0 Å². The zero-order chi connectivity index (χ0) is 15.4. The van der Waals surface area contributed by atoms with E-state index in [4.69, 9.17) is 11.6 Å². The van der Waals surface area contributed by atoms with Gasteiger partial charge < -0.3 is 0 Å². The molecule has 2 atom stereocenters. The van der Waals surface area contributed by atoms with Gasteiger partial charge in [0, 0.05) is 18.1 Å². The van der Waals surface area contributed by atoms with Gasteiger partial charge in [-0.25, -0.2) is 0 Å². The highest BCUT2D eigenvalue weighted by atomic mass is 35.5. The molecule has 1 fully saturated rings. The van der Waals surface area contributed by atoms with Crippen LogP contribution in [0.25, 0.3) is 0 Å². The van der Waals surface area contributed by atoms with Crippen LogP contribution in [0, 0.1) is 5.41 Å². The van der Waals surface area contributed by atoms with E-state index in [1.165, 1.54) is 17.5 Å². The van der Waals surface area contributed by atoms with Gasteiger partial charge in [0.1, 0.15) is 0 Å². The minimum Gasteiger partial charge on any atom is -0.298 e. The topological polar surface area (TPSA) is 49.4 Å². The third-order valence-corrected chi connectivity index (χ3v) is 4.83. The molecule has 5 heteroatoms. The smallest absolute Gasteiger partial charge is 0.246 e. The Labute approximate surface area is 129 Å². The molecular weight excluding hydrogens is 288 g/mol. The van der Waals surface area contributed by atoms with Crippen molar-refractivity contribution in [2.75, 3.05) is 7.05 Å². The van der Waals surface area contributed by atoms with Crippen molar-refractivity contribution in [3.8, 4) is 0 Å². The summed E-state index contributed by atoms with van der Waals surface area (Å²) < 4.78 is 0. The van der Waals surface area contributed by atoms with Crippen molar-refractivity contribution in [1.82, 2.24) is 10.2 Å². The molecule has 2 unspecified atom stereocenters.